The fourth-order valence-corrected chi connectivity index (χ4v) is 5.18. The van der Waals surface area contributed by atoms with Gasteiger partial charge in [0.05, 0.1) is 0 Å². The van der Waals surface area contributed by atoms with Crippen LogP contribution < -0.4 is 0 Å². The van der Waals surface area contributed by atoms with Gasteiger partial charge in [-0.1, -0.05) is 64.0 Å². The van der Waals surface area contributed by atoms with Gasteiger partial charge in [0.1, 0.15) is 5.82 Å². The van der Waals surface area contributed by atoms with E-state index in [1.807, 2.05) is 6.07 Å². The van der Waals surface area contributed by atoms with Crippen molar-refractivity contribution in [1.82, 2.24) is 0 Å². The molecule has 0 nitrogen and oxygen atoms in total. The number of unbranched alkanes of at least 4 members (excludes halogenated alkanes) is 2. The summed E-state index contributed by atoms with van der Waals surface area (Å²) in [6, 6.07) is 5.89. The molecule has 0 heterocycles. The van der Waals surface area contributed by atoms with Gasteiger partial charge in [-0.2, -0.15) is 0 Å². The number of hydrogen-bond donors (Lipinski definition) is 0. The summed E-state index contributed by atoms with van der Waals surface area (Å²) in [5.74, 6) is 2.10. The summed E-state index contributed by atoms with van der Waals surface area (Å²) in [5.41, 5.74) is 2.47. The van der Waals surface area contributed by atoms with Crippen molar-refractivity contribution in [2.24, 2.45) is 5.92 Å². The van der Waals surface area contributed by atoms with Gasteiger partial charge in [-0.15, -0.1) is 0 Å². The van der Waals surface area contributed by atoms with Gasteiger partial charge >= 0.3 is 0 Å². The van der Waals surface area contributed by atoms with E-state index >= 15 is 0 Å². The average Bonchev–Trinajstić information content (AvgIpc) is 2.63. The molecule has 2 fully saturated rings. The molecule has 1 aromatic rings. The lowest BCUT2D eigenvalue weighted by Crippen LogP contribution is -2.17. The summed E-state index contributed by atoms with van der Waals surface area (Å²) >= 11 is 0. The first-order chi connectivity index (χ1) is 11.8. The Morgan fingerprint density at radius 1 is 0.875 bits per heavy atom. The van der Waals surface area contributed by atoms with Gasteiger partial charge in [0.25, 0.3) is 0 Å². The molecule has 2 saturated carbocycles. The maximum Gasteiger partial charge on any atom is 0.126 e. The maximum absolute atomic E-state index is 14.7. The molecule has 2 aliphatic carbocycles. The van der Waals surface area contributed by atoms with E-state index in [0.29, 0.717) is 11.8 Å². The molecule has 1 aromatic carbocycles. The highest BCUT2D eigenvalue weighted by Crippen LogP contribution is 2.43. The Morgan fingerprint density at radius 3 is 2.33 bits per heavy atom. The fourth-order valence-electron chi connectivity index (χ4n) is 5.18. The van der Waals surface area contributed by atoms with Gasteiger partial charge in [-0.3, -0.25) is 0 Å². The van der Waals surface area contributed by atoms with Crippen molar-refractivity contribution in [1.29, 1.82) is 0 Å². The Labute approximate surface area is 148 Å². The maximum atomic E-state index is 14.7. The van der Waals surface area contributed by atoms with Crippen molar-refractivity contribution in [3.05, 3.63) is 35.1 Å². The summed E-state index contributed by atoms with van der Waals surface area (Å²) in [4.78, 5) is 0. The summed E-state index contributed by atoms with van der Waals surface area (Å²) < 4.78 is 14.7. The Hall–Kier alpha value is -0.850. The van der Waals surface area contributed by atoms with Crippen LogP contribution in [0.2, 0.25) is 0 Å². The first-order valence-corrected chi connectivity index (χ1v) is 10.6. The first kappa shape index (κ1) is 18.0. The molecular formula is C23H35F. The number of hydrogen-bond acceptors (Lipinski definition) is 0. The van der Waals surface area contributed by atoms with Crippen LogP contribution in [-0.2, 0) is 0 Å². The smallest absolute Gasteiger partial charge is 0.126 e. The largest absolute Gasteiger partial charge is 0.207 e. The highest BCUT2D eigenvalue weighted by molar-refractivity contribution is 5.35. The van der Waals surface area contributed by atoms with Crippen molar-refractivity contribution in [3.63, 3.8) is 0 Å². The van der Waals surface area contributed by atoms with Gasteiger partial charge in [-0.25, -0.2) is 4.39 Å². The van der Waals surface area contributed by atoms with Crippen LogP contribution in [0.25, 0.3) is 0 Å². The monoisotopic (exact) mass is 330 g/mol. The Kier molecular flexibility index (Phi) is 6.75. The SMILES string of the molecule is CCCCCC1CCC(c2cccc(F)c2C2CCCCC2)CC1. The third kappa shape index (κ3) is 4.41. The molecule has 0 unspecified atom stereocenters. The summed E-state index contributed by atoms with van der Waals surface area (Å²) in [5, 5.41) is 0. The van der Waals surface area contributed by atoms with Crippen molar-refractivity contribution < 1.29 is 4.39 Å². The quantitative estimate of drug-likeness (QED) is 0.468. The molecule has 24 heavy (non-hydrogen) atoms. The average molecular weight is 331 g/mol. The minimum atomic E-state index is 0.0736. The van der Waals surface area contributed by atoms with E-state index in [2.05, 4.69) is 13.0 Å². The van der Waals surface area contributed by atoms with Gasteiger partial charge in [0, 0.05) is 0 Å². The molecule has 2 aliphatic rings. The molecule has 0 aliphatic heterocycles. The molecule has 0 spiro atoms. The molecule has 0 amide bonds. The molecule has 134 valence electrons. The van der Waals surface area contributed by atoms with Crippen LogP contribution in [0.15, 0.2) is 18.2 Å². The van der Waals surface area contributed by atoms with E-state index in [1.54, 1.807) is 6.07 Å². The third-order valence-electron chi connectivity index (χ3n) is 6.60. The first-order valence-electron chi connectivity index (χ1n) is 10.6. The zero-order valence-corrected chi connectivity index (χ0v) is 15.5. The molecule has 0 N–H and O–H groups in total. The van der Waals surface area contributed by atoms with E-state index < -0.39 is 0 Å². The fraction of sp³-hybridized carbons (Fsp3) is 0.739. The normalized spacial score (nSPS) is 25.8. The molecule has 3 rings (SSSR count). The van der Waals surface area contributed by atoms with Crippen molar-refractivity contribution in [3.8, 4) is 0 Å². The Morgan fingerprint density at radius 2 is 1.62 bits per heavy atom. The number of rotatable bonds is 6. The van der Waals surface area contributed by atoms with Crippen molar-refractivity contribution in [2.45, 2.75) is 102 Å². The van der Waals surface area contributed by atoms with Gasteiger partial charge < -0.3 is 0 Å². The molecule has 1 heteroatoms. The van der Waals surface area contributed by atoms with Crippen LogP contribution in [0.3, 0.4) is 0 Å². The zero-order valence-electron chi connectivity index (χ0n) is 15.5. The molecule has 0 radical (unpaired) electrons. The van der Waals surface area contributed by atoms with Gasteiger partial charge in [0.15, 0.2) is 0 Å². The second-order valence-corrected chi connectivity index (χ2v) is 8.29. The lowest BCUT2D eigenvalue weighted by molar-refractivity contribution is 0.300. The van der Waals surface area contributed by atoms with Crippen molar-refractivity contribution >= 4 is 0 Å². The van der Waals surface area contributed by atoms with Crippen molar-refractivity contribution in [2.75, 3.05) is 0 Å². The third-order valence-corrected chi connectivity index (χ3v) is 6.60. The van der Waals surface area contributed by atoms with E-state index in [4.69, 9.17) is 0 Å². The molecule has 0 aromatic heterocycles. The summed E-state index contributed by atoms with van der Waals surface area (Å²) in [7, 11) is 0. The standard InChI is InChI=1S/C23H35F/c1-2-3-5-9-18-14-16-19(17-15-18)21-12-8-13-22(24)23(21)20-10-6-4-7-11-20/h8,12-13,18-20H,2-7,9-11,14-17H2,1H3. The molecule has 0 saturated heterocycles. The Bertz CT molecular complexity index is 493. The van der Waals surface area contributed by atoms with E-state index in [1.165, 1.54) is 89.0 Å². The molecule has 0 atom stereocenters. The molecule has 0 bridgehead atoms. The molecular weight excluding hydrogens is 295 g/mol. The predicted molar refractivity (Wildman–Crippen MR) is 101 cm³/mol. The predicted octanol–water partition coefficient (Wildman–Crippen LogP) is 7.73. The highest BCUT2D eigenvalue weighted by Gasteiger charge is 2.28. The zero-order chi connectivity index (χ0) is 16.8. The van der Waals surface area contributed by atoms with Gasteiger partial charge in [0.2, 0.25) is 0 Å². The lowest BCUT2D eigenvalue weighted by Gasteiger charge is -2.32. The van der Waals surface area contributed by atoms with E-state index in [0.717, 1.165) is 11.5 Å². The summed E-state index contributed by atoms with van der Waals surface area (Å²) in [6.07, 6.45) is 17.1. The van der Waals surface area contributed by atoms with E-state index in [-0.39, 0.29) is 5.82 Å². The highest BCUT2D eigenvalue weighted by atomic mass is 19.1. The van der Waals surface area contributed by atoms with Crippen LogP contribution in [0.5, 0.6) is 0 Å². The topological polar surface area (TPSA) is 0 Å². The number of halogens is 1. The van der Waals surface area contributed by atoms with Crippen LogP contribution >= 0.6 is 0 Å². The minimum absolute atomic E-state index is 0.0736. The Balaban J connectivity index is 1.66. The summed E-state index contributed by atoms with van der Waals surface area (Å²) in [6.45, 7) is 2.29. The van der Waals surface area contributed by atoms with Crippen LogP contribution in [-0.4, -0.2) is 0 Å². The van der Waals surface area contributed by atoms with E-state index in [9.17, 15) is 4.39 Å². The number of benzene rings is 1. The van der Waals surface area contributed by atoms with Crippen LogP contribution in [0, 0.1) is 11.7 Å². The minimum Gasteiger partial charge on any atom is -0.207 e. The second-order valence-electron chi connectivity index (χ2n) is 8.29. The lowest BCUT2D eigenvalue weighted by atomic mass is 9.73. The second kappa shape index (κ2) is 9.02. The van der Waals surface area contributed by atoms with Gasteiger partial charge in [-0.05, 0) is 73.5 Å². The van der Waals surface area contributed by atoms with Crippen LogP contribution in [0.4, 0.5) is 4.39 Å². The van der Waals surface area contributed by atoms with Crippen LogP contribution in [0.1, 0.15) is 113 Å².